The summed E-state index contributed by atoms with van der Waals surface area (Å²) in [6.07, 6.45) is 4.61. The molecule has 0 bridgehead atoms. The normalized spacial score (nSPS) is 21.9. The number of ether oxygens (including phenoxy) is 4. The summed E-state index contributed by atoms with van der Waals surface area (Å²) in [5, 5.41) is 19.0. The van der Waals surface area contributed by atoms with Crippen LogP contribution in [0.5, 0.6) is 17.4 Å². The van der Waals surface area contributed by atoms with Gasteiger partial charge in [-0.05, 0) is 69.8 Å². The van der Waals surface area contributed by atoms with Crippen LogP contribution in [0.25, 0.3) is 11.0 Å². The highest BCUT2D eigenvalue weighted by Gasteiger charge is 2.59. The molecule has 12 heteroatoms. The van der Waals surface area contributed by atoms with Crippen LogP contribution in [-0.2, 0) is 29.8 Å². The van der Waals surface area contributed by atoms with Crippen LogP contribution in [0.4, 0.5) is 0 Å². The highest BCUT2D eigenvalue weighted by molar-refractivity contribution is 5.95. The first kappa shape index (κ1) is 30.9. The first-order valence-corrected chi connectivity index (χ1v) is 16.1. The molecule has 0 spiro atoms. The maximum absolute atomic E-state index is 12.0. The number of rotatable bonds is 12. The molecule has 4 aromatic rings. The van der Waals surface area contributed by atoms with Crippen LogP contribution in [0.3, 0.4) is 0 Å². The molecule has 4 heterocycles. The van der Waals surface area contributed by atoms with Gasteiger partial charge >= 0.3 is 5.97 Å². The van der Waals surface area contributed by atoms with Crippen LogP contribution in [-0.4, -0.2) is 74.5 Å². The maximum Gasteiger partial charge on any atom is 0.335 e. The van der Waals surface area contributed by atoms with Crippen LogP contribution in [0, 0.1) is 17.2 Å². The van der Waals surface area contributed by atoms with E-state index < -0.39 is 5.97 Å². The van der Waals surface area contributed by atoms with E-state index >= 15 is 0 Å². The summed E-state index contributed by atoms with van der Waals surface area (Å²) in [5.74, 6) is 2.71. The average Bonchev–Trinajstić information content (AvgIpc) is 3.69. The fourth-order valence-corrected chi connectivity index (χ4v) is 6.83. The quantitative estimate of drug-likeness (QED) is 0.230. The lowest BCUT2D eigenvalue weighted by atomic mass is 9.94. The Morgan fingerprint density at radius 1 is 1.21 bits per heavy atom. The molecule has 0 amide bonds. The zero-order valence-corrected chi connectivity index (χ0v) is 26.8. The number of carboxylic acids is 1. The molecule has 47 heavy (non-hydrogen) atoms. The number of nitrogens with zero attached hydrogens (tertiary/aromatic N) is 6. The van der Waals surface area contributed by atoms with Gasteiger partial charge in [-0.2, -0.15) is 10.2 Å². The second-order valence-corrected chi connectivity index (χ2v) is 12.9. The van der Waals surface area contributed by atoms with E-state index in [9.17, 15) is 15.2 Å². The van der Waals surface area contributed by atoms with Gasteiger partial charge in [0.05, 0.1) is 55.1 Å². The molecule has 2 aromatic carbocycles. The highest BCUT2D eigenvalue weighted by Crippen LogP contribution is 2.58. The number of likely N-dealkylation sites (tertiary alicyclic amines) is 1. The van der Waals surface area contributed by atoms with E-state index in [1.165, 1.54) is 0 Å². The molecule has 1 saturated carbocycles. The third-order valence-corrected chi connectivity index (χ3v) is 9.50. The van der Waals surface area contributed by atoms with Crippen molar-refractivity contribution in [3.8, 4) is 23.4 Å². The number of fused-ring (bicyclic) bond motifs is 2. The molecule has 12 nitrogen and oxygen atoms in total. The molecule has 2 aromatic heterocycles. The summed E-state index contributed by atoms with van der Waals surface area (Å²) < 4.78 is 25.5. The first-order chi connectivity index (χ1) is 22.8. The van der Waals surface area contributed by atoms with Gasteiger partial charge in [-0.25, -0.2) is 14.8 Å². The van der Waals surface area contributed by atoms with Gasteiger partial charge in [0.15, 0.2) is 0 Å². The van der Waals surface area contributed by atoms with Crippen molar-refractivity contribution >= 4 is 17.0 Å². The molecule has 0 radical (unpaired) electrons. The van der Waals surface area contributed by atoms with E-state index in [1.54, 1.807) is 43.6 Å². The van der Waals surface area contributed by atoms with Crippen molar-refractivity contribution in [2.24, 2.45) is 5.92 Å². The van der Waals surface area contributed by atoms with Gasteiger partial charge < -0.3 is 28.6 Å². The van der Waals surface area contributed by atoms with Crippen molar-refractivity contribution in [2.75, 3.05) is 26.8 Å². The van der Waals surface area contributed by atoms with Crippen LogP contribution in [0.15, 0.2) is 42.6 Å². The van der Waals surface area contributed by atoms with Gasteiger partial charge in [0.1, 0.15) is 35.3 Å². The Hall–Kier alpha value is -4.73. The van der Waals surface area contributed by atoms with Crippen LogP contribution >= 0.6 is 0 Å². The number of hydrogen-bond acceptors (Lipinski definition) is 10. The summed E-state index contributed by atoms with van der Waals surface area (Å²) in [6, 6.07) is 12.5. The number of methoxy groups -OCH3 is 1. The second kappa shape index (κ2) is 12.5. The number of hydrogen-bond donors (Lipinski definition) is 1. The Morgan fingerprint density at radius 2 is 2.06 bits per heavy atom. The highest BCUT2D eigenvalue weighted by atomic mass is 16.5. The van der Waals surface area contributed by atoms with E-state index in [0.717, 1.165) is 61.7 Å². The minimum absolute atomic E-state index is 0.0728. The smallest absolute Gasteiger partial charge is 0.335 e. The Kier molecular flexibility index (Phi) is 8.20. The molecule has 244 valence electrons. The molecule has 1 N–H and O–H groups in total. The van der Waals surface area contributed by atoms with Crippen LogP contribution in [0.2, 0.25) is 0 Å². The Bertz CT molecular complexity index is 1860. The molecule has 7 rings (SSSR count). The summed E-state index contributed by atoms with van der Waals surface area (Å²) >= 11 is 0. The van der Waals surface area contributed by atoms with E-state index in [0.29, 0.717) is 47.5 Å². The topological polar surface area (TPSA) is 145 Å². The number of piperidine rings is 1. The van der Waals surface area contributed by atoms with Crippen molar-refractivity contribution in [3.05, 3.63) is 70.9 Å². The third-order valence-electron chi connectivity index (χ3n) is 9.50. The van der Waals surface area contributed by atoms with Gasteiger partial charge in [0, 0.05) is 36.4 Å². The number of carbonyl (C=O) groups is 1. The lowest BCUT2D eigenvalue weighted by Crippen LogP contribution is -2.38. The van der Waals surface area contributed by atoms with E-state index in [-0.39, 0.29) is 29.8 Å². The third kappa shape index (κ3) is 6.08. The molecule has 3 unspecified atom stereocenters. The summed E-state index contributed by atoms with van der Waals surface area (Å²) in [4.78, 5) is 29.0. The van der Waals surface area contributed by atoms with Gasteiger partial charge in [-0.3, -0.25) is 4.90 Å². The molecular weight excluding hydrogens is 600 g/mol. The van der Waals surface area contributed by atoms with Crippen molar-refractivity contribution in [1.82, 2.24) is 24.4 Å². The lowest BCUT2D eigenvalue weighted by molar-refractivity contribution is -0.0592. The molecular formula is C35H38N6O6. The minimum Gasteiger partial charge on any atom is -0.496 e. The minimum atomic E-state index is -0.999. The largest absolute Gasteiger partial charge is 0.496 e. The molecule has 2 aliphatic heterocycles. The van der Waals surface area contributed by atoms with E-state index in [4.69, 9.17) is 28.9 Å². The lowest BCUT2D eigenvalue weighted by Gasteiger charge is -2.31. The number of aromatic carboxylic acids is 1. The van der Waals surface area contributed by atoms with Crippen molar-refractivity contribution < 1.29 is 28.8 Å². The number of benzene rings is 2. The molecule has 1 aliphatic carbocycles. The number of carboxylic acid groups (broad SMARTS) is 1. The summed E-state index contributed by atoms with van der Waals surface area (Å²) in [6.45, 7) is 7.84. The first-order valence-electron chi connectivity index (χ1n) is 16.1. The standard InChI is InChI=1S/C35H38N6O6/c1-21(2)47-29-14-24(33(42)43)13-27-32(29)38-30(41(27)18-26-7-11-45-26)19-40-10-8-35(15-25(35)17-40)34-37-9-6-31(39-34)46-20-23-5-4-22(16-36)12-28(23)44-3/h4-6,9,12-14,21,25-26H,7-8,10-11,15,17-20H2,1-3H3,(H,42,43). The fourth-order valence-electron chi connectivity index (χ4n) is 6.83. The maximum atomic E-state index is 12.0. The predicted molar refractivity (Wildman–Crippen MR) is 171 cm³/mol. The van der Waals surface area contributed by atoms with Gasteiger partial charge in [-0.15, -0.1) is 0 Å². The van der Waals surface area contributed by atoms with Crippen molar-refractivity contribution in [2.45, 2.75) is 70.4 Å². The van der Waals surface area contributed by atoms with Gasteiger partial charge in [-0.1, -0.05) is 6.07 Å². The zero-order chi connectivity index (χ0) is 32.7. The molecule has 2 saturated heterocycles. The summed E-state index contributed by atoms with van der Waals surface area (Å²) in [5.41, 5.74) is 2.91. The summed E-state index contributed by atoms with van der Waals surface area (Å²) in [7, 11) is 1.58. The molecule has 3 fully saturated rings. The number of nitriles is 1. The van der Waals surface area contributed by atoms with E-state index in [1.807, 2.05) is 19.9 Å². The van der Waals surface area contributed by atoms with Crippen LogP contribution in [0.1, 0.15) is 66.2 Å². The monoisotopic (exact) mass is 638 g/mol. The molecule has 3 atom stereocenters. The van der Waals surface area contributed by atoms with Crippen molar-refractivity contribution in [3.63, 3.8) is 0 Å². The zero-order valence-electron chi connectivity index (χ0n) is 26.8. The molecule has 3 aliphatic rings. The average molecular weight is 639 g/mol. The SMILES string of the molecule is COc1cc(C#N)ccc1COc1ccnc(C23CCN(Cc4nc5c(OC(C)C)cc(C(=O)O)cc5n4CC4CCO4)CC2C3)n1. The predicted octanol–water partition coefficient (Wildman–Crippen LogP) is 4.72. The second-order valence-electron chi connectivity index (χ2n) is 12.9. The van der Waals surface area contributed by atoms with Crippen molar-refractivity contribution in [1.29, 1.82) is 5.26 Å². The van der Waals surface area contributed by atoms with Gasteiger partial charge in [0.2, 0.25) is 5.88 Å². The number of imidazole rings is 1. The Labute approximate surface area is 272 Å². The Balaban J connectivity index is 1.07. The van der Waals surface area contributed by atoms with Crippen LogP contribution < -0.4 is 14.2 Å². The van der Waals surface area contributed by atoms with E-state index in [2.05, 4.69) is 20.5 Å². The fraction of sp³-hybridized carbons (Fsp3) is 0.457. The Morgan fingerprint density at radius 3 is 2.77 bits per heavy atom. The van der Waals surface area contributed by atoms with Gasteiger partial charge in [0.25, 0.3) is 0 Å². The number of aromatic nitrogens is 4.